The van der Waals surface area contributed by atoms with E-state index in [9.17, 15) is 4.39 Å². The fourth-order valence-corrected chi connectivity index (χ4v) is 1.92. The Balaban J connectivity index is 2.48. The predicted molar refractivity (Wildman–Crippen MR) is 74.0 cm³/mol. The standard InChI is InChI=1S/C16H14FNO/c1-4-10-19-18-13(3)15(17)11-12(2)16(18)14-8-6-5-7-9-14/h1,5-9,11H,3,10H2,2H3. The largest absolute Gasteiger partial charge is 0.256 e. The second-order valence-corrected chi connectivity index (χ2v) is 4.11. The molecule has 0 atom stereocenters. The topological polar surface area (TPSA) is 12.5 Å². The summed E-state index contributed by atoms with van der Waals surface area (Å²) in [4.78, 5) is 5.41. The molecule has 96 valence electrons. The molecule has 1 aliphatic rings. The summed E-state index contributed by atoms with van der Waals surface area (Å²) in [5.41, 5.74) is 2.58. The van der Waals surface area contributed by atoms with Crippen molar-refractivity contribution in [3.63, 3.8) is 0 Å². The average molecular weight is 255 g/mol. The molecule has 0 saturated carbocycles. The Morgan fingerprint density at radius 2 is 2.05 bits per heavy atom. The summed E-state index contributed by atoms with van der Waals surface area (Å²) in [7, 11) is 0. The minimum atomic E-state index is -0.422. The Kier molecular flexibility index (Phi) is 3.84. The molecule has 0 unspecified atom stereocenters. The smallest absolute Gasteiger partial charge is 0.149 e. The van der Waals surface area contributed by atoms with Gasteiger partial charge in [0, 0.05) is 5.56 Å². The molecule has 0 N–H and O–H groups in total. The number of rotatable bonds is 3. The van der Waals surface area contributed by atoms with Gasteiger partial charge in [0.05, 0.1) is 11.4 Å². The average Bonchev–Trinajstić information content (AvgIpc) is 2.42. The Morgan fingerprint density at radius 1 is 1.37 bits per heavy atom. The molecule has 1 aromatic carbocycles. The van der Waals surface area contributed by atoms with Crippen LogP contribution in [0.15, 0.2) is 60.1 Å². The Labute approximate surface area is 112 Å². The highest BCUT2D eigenvalue weighted by Gasteiger charge is 2.24. The molecule has 1 aliphatic heterocycles. The van der Waals surface area contributed by atoms with Crippen LogP contribution in [0.1, 0.15) is 12.5 Å². The number of nitrogens with zero attached hydrogens (tertiary/aromatic N) is 1. The maximum absolute atomic E-state index is 13.7. The summed E-state index contributed by atoms with van der Waals surface area (Å²) >= 11 is 0. The summed E-state index contributed by atoms with van der Waals surface area (Å²) < 4.78 is 13.7. The molecule has 0 radical (unpaired) electrons. The van der Waals surface area contributed by atoms with Crippen LogP contribution in [0.5, 0.6) is 0 Å². The zero-order valence-electron chi connectivity index (χ0n) is 10.7. The van der Waals surface area contributed by atoms with E-state index in [0.717, 1.165) is 16.8 Å². The van der Waals surface area contributed by atoms with Gasteiger partial charge in [-0.2, -0.15) is 0 Å². The molecular weight excluding hydrogens is 241 g/mol. The van der Waals surface area contributed by atoms with E-state index in [-0.39, 0.29) is 12.3 Å². The molecule has 19 heavy (non-hydrogen) atoms. The van der Waals surface area contributed by atoms with Crippen LogP contribution in [0.3, 0.4) is 0 Å². The minimum absolute atomic E-state index is 0.0515. The third-order valence-corrected chi connectivity index (χ3v) is 2.76. The molecule has 0 aromatic heterocycles. The molecule has 0 amide bonds. The van der Waals surface area contributed by atoms with E-state index in [0.29, 0.717) is 0 Å². The summed E-state index contributed by atoms with van der Waals surface area (Å²) in [5, 5.41) is 1.36. The van der Waals surface area contributed by atoms with E-state index < -0.39 is 5.83 Å². The molecule has 3 heteroatoms. The molecule has 2 nitrogen and oxygen atoms in total. The molecule has 0 aliphatic carbocycles. The van der Waals surface area contributed by atoms with Crippen molar-refractivity contribution in [2.24, 2.45) is 0 Å². The number of hydrogen-bond donors (Lipinski definition) is 0. The first-order valence-electron chi connectivity index (χ1n) is 5.84. The van der Waals surface area contributed by atoms with Crippen LogP contribution < -0.4 is 0 Å². The Bertz CT molecular complexity index is 593. The maximum Gasteiger partial charge on any atom is 0.149 e. The predicted octanol–water partition coefficient (Wildman–Crippen LogP) is 3.67. The molecule has 0 spiro atoms. The Morgan fingerprint density at radius 3 is 2.68 bits per heavy atom. The zero-order chi connectivity index (χ0) is 13.8. The van der Waals surface area contributed by atoms with Gasteiger partial charge in [0.25, 0.3) is 0 Å². The van der Waals surface area contributed by atoms with Crippen LogP contribution in [-0.4, -0.2) is 11.7 Å². The van der Waals surface area contributed by atoms with Crippen molar-refractivity contribution >= 4 is 5.70 Å². The molecule has 0 fully saturated rings. The van der Waals surface area contributed by atoms with Crippen LogP contribution in [0.4, 0.5) is 4.39 Å². The highest BCUT2D eigenvalue weighted by molar-refractivity contribution is 5.72. The van der Waals surface area contributed by atoms with Gasteiger partial charge in [-0.3, -0.25) is 4.84 Å². The van der Waals surface area contributed by atoms with Crippen molar-refractivity contribution in [1.29, 1.82) is 0 Å². The fraction of sp³-hybridized carbons (Fsp3) is 0.125. The van der Waals surface area contributed by atoms with Gasteiger partial charge >= 0.3 is 0 Å². The highest BCUT2D eigenvalue weighted by atomic mass is 19.1. The SMILES string of the molecule is C#CCON1C(=C)C(F)=CC(C)=C1c1ccccc1. The maximum atomic E-state index is 13.7. The van der Waals surface area contributed by atoms with Crippen molar-refractivity contribution in [2.45, 2.75) is 6.92 Å². The van der Waals surface area contributed by atoms with Crippen LogP contribution >= 0.6 is 0 Å². The van der Waals surface area contributed by atoms with E-state index in [1.807, 2.05) is 37.3 Å². The Hall–Kier alpha value is -2.31. The lowest BCUT2D eigenvalue weighted by Gasteiger charge is -2.30. The van der Waals surface area contributed by atoms with Gasteiger partial charge in [0.2, 0.25) is 0 Å². The summed E-state index contributed by atoms with van der Waals surface area (Å²) in [6.45, 7) is 5.57. The molecule has 0 bridgehead atoms. The first-order chi connectivity index (χ1) is 9.15. The van der Waals surface area contributed by atoms with E-state index in [1.54, 1.807) is 0 Å². The fourth-order valence-electron chi connectivity index (χ4n) is 1.92. The van der Waals surface area contributed by atoms with E-state index in [4.69, 9.17) is 11.3 Å². The molecule has 1 heterocycles. The van der Waals surface area contributed by atoms with Gasteiger partial charge in [-0.15, -0.1) is 6.42 Å². The van der Waals surface area contributed by atoms with Crippen molar-refractivity contribution in [3.05, 3.63) is 65.6 Å². The first kappa shape index (κ1) is 13.1. The lowest BCUT2D eigenvalue weighted by Crippen LogP contribution is -2.25. The minimum Gasteiger partial charge on any atom is -0.256 e. The number of hydroxylamine groups is 2. The lowest BCUT2D eigenvalue weighted by molar-refractivity contribution is -0.0648. The summed E-state index contributed by atoms with van der Waals surface area (Å²) in [5.74, 6) is 1.95. The molecule has 2 rings (SSSR count). The zero-order valence-corrected chi connectivity index (χ0v) is 10.7. The van der Waals surface area contributed by atoms with E-state index in [2.05, 4.69) is 12.5 Å². The third-order valence-electron chi connectivity index (χ3n) is 2.76. The van der Waals surface area contributed by atoms with Crippen LogP contribution in [0.2, 0.25) is 0 Å². The third kappa shape index (κ3) is 2.59. The second-order valence-electron chi connectivity index (χ2n) is 4.11. The van der Waals surface area contributed by atoms with Gasteiger partial charge in [-0.25, -0.2) is 9.45 Å². The quantitative estimate of drug-likeness (QED) is 0.764. The normalized spacial score (nSPS) is 15.3. The van der Waals surface area contributed by atoms with Crippen molar-refractivity contribution in [1.82, 2.24) is 5.06 Å². The van der Waals surface area contributed by atoms with E-state index >= 15 is 0 Å². The summed E-state index contributed by atoms with van der Waals surface area (Å²) in [6.07, 6.45) is 6.63. The van der Waals surface area contributed by atoms with Gasteiger partial charge < -0.3 is 0 Å². The van der Waals surface area contributed by atoms with Crippen molar-refractivity contribution in [2.75, 3.05) is 6.61 Å². The summed E-state index contributed by atoms with van der Waals surface area (Å²) in [6, 6.07) is 9.59. The van der Waals surface area contributed by atoms with Crippen molar-refractivity contribution in [3.8, 4) is 12.3 Å². The molecule has 1 aromatic rings. The van der Waals surface area contributed by atoms with Crippen LogP contribution in [0.25, 0.3) is 5.70 Å². The number of hydrogen-bond acceptors (Lipinski definition) is 2. The number of terminal acetylenes is 1. The second kappa shape index (κ2) is 5.55. The monoisotopic (exact) mass is 255 g/mol. The molecular formula is C16H14FNO. The lowest BCUT2D eigenvalue weighted by atomic mass is 10.0. The van der Waals surface area contributed by atoms with Gasteiger partial charge in [-0.05, 0) is 18.6 Å². The first-order valence-corrected chi connectivity index (χ1v) is 5.84. The van der Waals surface area contributed by atoms with E-state index in [1.165, 1.54) is 11.1 Å². The highest BCUT2D eigenvalue weighted by Crippen LogP contribution is 2.35. The number of benzene rings is 1. The van der Waals surface area contributed by atoms with Crippen molar-refractivity contribution < 1.29 is 9.23 Å². The van der Waals surface area contributed by atoms with Gasteiger partial charge in [0.1, 0.15) is 12.4 Å². The number of allylic oxidation sites excluding steroid dienone is 3. The van der Waals surface area contributed by atoms with Gasteiger partial charge in [0.15, 0.2) is 0 Å². The number of halogens is 1. The van der Waals surface area contributed by atoms with Crippen LogP contribution in [-0.2, 0) is 4.84 Å². The van der Waals surface area contributed by atoms with Gasteiger partial charge in [-0.1, -0.05) is 42.8 Å². The molecule has 0 saturated heterocycles. The van der Waals surface area contributed by atoms with Crippen LogP contribution in [0, 0.1) is 12.3 Å².